The number of hydrogen-bond donors (Lipinski definition) is 1. The number of methoxy groups -OCH3 is 1. The maximum atomic E-state index is 12.5. The van der Waals surface area contributed by atoms with E-state index in [0.717, 1.165) is 21.5 Å². The predicted molar refractivity (Wildman–Crippen MR) is 98.1 cm³/mol. The normalized spacial score (nSPS) is 13.0. The summed E-state index contributed by atoms with van der Waals surface area (Å²) in [6.07, 6.45) is 1.73. The molecule has 1 N–H and O–H groups in total. The second-order valence-electron chi connectivity index (χ2n) is 5.61. The molecule has 2 rings (SSSR count). The minimum atomic E-state index is -0.146. The average molecular weight is 392 g/mol. The molecule has 0 aliphatic heterocycles. The molecule has 1 heterocycles. The lowest BCUT2D eigenvalue weighted by Gasteiger charge is -2.27. The van der Waals surface area contributed by atoms with Gasteiger partial charge in [0.15, 0.2) is 0 Å². The Morgan fingerprint density at radius 1 is 1.29 bits per heavy atom. The summed E-state index contributed by atoms with van der Waals surface area (Å²) >= 11 is 3.47. The van der Waals surface area contributed by atoms with E-state index in [2.05, 4.69) is 26.2 Å². The number of pyridine rings is 1. The zero-order valence-electron chi connectivity index (χ0n) is 14.3. The molecule has 0 saturated carbocycles. The topological polar surface area (TPSA) is 54.5 Å². The minimum absolute atomic E-state index is 0.110. The quantitative estimate of drug-likeness (QED) is 0.825. The van der Waals surface area contributed by atoms with Gasteiger partial charge in [0.05, 0.1) is 29.4 Å². The van der Waals surface area contributed by atoms with Gasteiger partial charge in [-0.15, -0.1) is 0 Å². The van der Waals surface area contributed by atoms with E-state index in [1.807, 2.05) is 50.2 Å². The zero-order valence-corrected chi connectivity index (χ0v) is 15.9. The van der Waals surface area contributed by atoms with Gasteiger partial charge in [-0.2, -0.15) is 0 Å². The Morgan fingerprint density at radius 2 is 2.04 bits per heavy atom. The number of benzene rings is 1. The van der Waals surface area contributed by atoms with Gasteiger partial charge < -0.3 is 15.0 Å². The van der Waals surface area contributed by atoms with E-state index < -0.39 is 0 Å². The number of ether oxygens (including phenoxy) is 1. The molecule has 2 atom stereocenters. The summed E-state index contributed by atoms with van der Waals surface area (Å²) in [5, 5.41) is 3.01. The molecule has 5 nitrogen and oxygen atoms in total. The molecule has 1 aromatic carbocycles. The molecule has 2 amide bonds. The van der Waals surface area contributed by atoms with Gasteiger partial charge in [-0.05, 0) is 59.6 Å². The summed E-state index contributed by atoms with van der Waals surface area (Å²) < 4.78 is 6.09. The van der Waals surface area contributed by atoms with E-state index in [1.54, 1.807) is 25.3 Å². The monoisotopic (exact) mass is 391 g/mol. The molecule has 2 aromatic rings. The van der Waals surface area contributed by atoms with Crippen LogP contribution in [-0.4, -0.2) is 30.1 Å². The van der Waals surface area contributed by atoms with E-state index in [0.29, 0.717) is 0 Å². The Balaban J connectivity index is 2.04. The first kappa shape index (κ1) is 18.3. The number of rotatable bonds is 5. The molecule has 2 unspecified atom stereocenters. The summed E-state index contributed by atoms with van der Waals surface area (Å²) in [5.41, 5.74) is 1.85. The molecule has 0 aliphatic carbocycles. The number of nitrogens with zero attached hydrogens (tertiary/aromatic N) is 2. The highest BCUT2D eigenvalue weighted by Gasteiger charge is 2.20. The Hall–Kier alpha value is -2.08. The van der Waals surface area contributed by atoms with E-state index >= 15 is 0 Å². The molecule has 1 aromatic heterocycles. The van der Waals surface area contributed by atoms with E-state index in [1.165, 1.54) is 0 Å². The van der Waals surface area contributed by atoms with Crippen molar-refractivity contribution in [2.75, 3.05) is 14.2 Å². The summed E-state index contributed by atoms with van der Waals surface area (Å²) in [6, 6.07) is 11.1. The number of hydrogen-bond acceptors (Lipinski definition) is 3. The summed E-state index contributed by atoms with van der Waals surface area (Å²) in [7, 11) is 3.39. The highest BCUT2D eigenvalue weighted by molar-refractivity contribution is 9.10. The molecule has 0 spiro atoms. The van der Waals surface area contributed by atoms with Crippen LogP contribution in [0.2, 0.25) is 0 Å². The van der Waals surface area contributed by atoms with Gasteiger partial charge in [-0.25, -0.2) is 4.79 Å². The van der Waals surface area contributed by atoms with Crippen LogP contribution in [0.15, 0.2) is 47.1 Å². The number of carbonyl (C=O) groups excluding carboxylic acids is 1. The van der Waals surface area contributed by atoms with Gasteiger partial charge >= 0.3 is 6.03 Å². The van der Waals surface area contributed by atoms with Crippen molar-refractivity contribution in [2.24, 2.45) is 0 Å². The first-order valence-electron chi connectivity index (χ1n) is 7.71. The molecule has 6 heteroatoms. The van der Waals surface area contributed by atoms with Crippen molar-refractivity contribution >= 4 is 22.0 Å². The highest BCUT2D eigenvalue weighted by atomic mass is 79.9. The molecular weight excluding hydrogens is 370 g/mol. The Kier molecular flexibility index (Phi) is 6.20. The molecule has 0 bridgehead atoms. The van der Waals surface area contributed by atoms with Crippen LogP contribution in [0.25, 0.3) is 0 Å². The fourth-order valence-corrected chi connectivity index (χ4v) is 2.88. The molecule has 0 radical (unpaired) electrons. The number of amides is 2. The molecular formula is C18H22BrN3O2. The highest BCUT2D eigenvalue weighted by Crippen LogP contribution is 2.28. The Bertz CT molecular complexity index is 694. The lowest BCUT2D eigenvalue weighted by atomic mass is 10.1. The van der Waals surface area contributed by atoms with Crippen LogP contribution in [0.3, 0.4) is 0 Å². The first-order chi connectivity index (χ1) is 11.4. The third kappa shape index (κ3) is 4.26. The van der Waals surface area contributed by atoms with Crippen LogP contribution in [0.1, 0.15) is 37.2 Å². The molecule has 128 valence electrons. The number of carbonyl (C=O) groups is 1. The third-order valence-corrected chi connectivity index (χ3v) is 4.65. The van der Waals surface area contributed by atoms with Gasteiger partial charge in [0.1, 0.15) is 5.75 Å². The summed E-state index contributed by atoms with van der Waals surface area (Å²) in [5.74, 6) is 0.762. The van der Waals surface area contributed by atoms with Crippen molar-refractivity contribution in [3.63, 3.8) is 0 Å². The van der Waals surface area contributed by atoms with Crippen molar-refractivity contribution in [3.8, 4) is 5.75 Å². The Labute approximate surface area is 151 Å². The van der Waals surface area contributed by atoms with Gasteiger partial charge in [-0.1, -0.05) is 12.1 Å². The van der Waals surface area contributed by atoms with Crippen LogP contribution in [-0.2, 0) is 0 Å². The smallest absolute Gasteiger partial charge is 0.318 e. The maximum absolute atomic E-state index is 12.5. The van der Waals surface area contributed by atoms with Crippen LogP contribution >= 0.6 is 15.9 Å². The zero-order chi connectivity index (χ0) is 17.7. The van der Waals surface area contributed by atoms with Crippen LogP contribution in [0.5, 0.6) is 5.75 Å². The van der Waals surface area contributed by atoms with E-state index in [9.17, 15) is 4.79 Å². The van der Waals surface area contributed by atoms with Crippen molar-refractivity contribution < 1.29 is 9.53 Å². The second-order valence-corrected chi connectivity index (χ2v) is 6.46. The predicted octanol–water partition coefficient (Wildman–Crippen LogP) is 4.32. The van der Waals surface area contributed by atoms with Crippen LogP contribution in [0.4, 0.5) is 4.79 Å². The lowest BCUT2D eigenvalue weighted by Crippen LogP contribution is -2.40. The van der Waals surface area contributed by atoms with Gasteiger partial charge in [0.2, 0.25) is 0 Å². The largest absolute Gasteiger partial charge is 0.496 e. The minimum Gasteiger partial charge on any atom is -0.496 e. The molecule has 0 fully saturated rings. The molecule has 0 aliphatic rings. The summed E-state index contributed by atoms with van der Waals surface area (Å²) in [6.45, 7) is 3.90. The second kappa shape index (κ2) is 8.15. The fourth-order valence-electron chi connectivity index (χ4n) is 2.32. The first-order valence-corrected chi connectivity index (χ1v) is 8.51. The van der Waals surface area contributed by atoms with Crippen molar-refractivity contribution in [3.05, 3.63) is 58.3 Å². The number of aromatic nitrogens is 1. The lowest BCUT2D eigenvalue weighted by molar-refractivity contribution is 0.190. The number of nitrogens with one attached hydrogen (secondary N) is 1. The van der Waals surface area contributed by atoms with Crippen LogP contribution in [0, 0.1) is 0 Å². The Morgan fingerprint density at radius 3 is 2.62 bits per heavy atom. The number of halogens is 1. The SMILES string of the molecule is COc1ccc(C(C)NC(=O)N(C)C(C)c2ccccn2)cc1Br. The third-order valence-electron chi connectivity index (χ3n) is 4.03. The van der Waals surface area contributed by atoms with Crippen LogP contribution < -0.4 is 10.1 Å². The summed E-state index contributed by atoms with van der Waals surface area (Å²) in [4.78, 5) is 18.5. The van der Waals surface area contributed by atoms with Gasteiger partial charge in [0, 0.05) is 13.2 Å². The van der Waals surface area contributed by atoms with Crippen molar-refractivity contribution in [1.82, 2.24) is 15.2 Å². The standard InChI is InChI=1S/C18H22BrN3O2/c1-12(14-8-9-17(24-4)15(19)11-14)21-18(23)22(3)13(2)16-7-5-6-10-20-16/h5-13H,1-4H3,(H,21,23). The van der Waals surface area contributed by atoms with Crippen molar-refractivity contribution in [1.29, 1.82) is 0 Å². The number of urea groups is 1. The van der Waals surface area contributed by atoms with Crippen molar-refractivity contribution in [2.45, 2.75) is 25.9 Å². The fraction of sp³-hybridized carbons (Fsp3) is 0.333. The molecule has 0 saturated heterocycles. The van der Waals surface area contributed by atoms with Gasteiger partial charge in [-0.3, -0.25) is 4.98 Å². The van der Waals surface area contributed by atoms with E-state index in [-0.39, 0.29) is 18.1 Å². The average Bonchev–Trinajstić information content (AvgIpc) is 2.60. The maximum Gasteiger partial charge on any atom is 0.318 e. The van der Waals surface area contributed by atoms with Gasteiger partial charge in [0.25, 0.3) is 0 Å². The van der Waals surface area contributed by atoms with E-state index in [4.69, 9.17) is 4.74 Å². The molecule has 24 heavy (non-hydrogen) atoms.